The fourth-order valence-electron chi connectivity index (χ4n) is 1.58. The number of ether oxygens (including phenoxy) is 1. The van der Waals surface area contributed by atoms with Crippen molar-refractivity contribution in [2.24, 2.45) is 0 Å². The van der Waals surface area contributed by atoms with Crippen LogP contribution in [-0.2, 0) is 4.74 Å². The highest BCUT2D eigenvalue weighted by molar-refractivity contribution is 5.91. The highest BCUT2D eigenvalue weighted by Gasteiger charge is 2.14. The van der Waals surface area contributed by atoms with Gasteiger partial charge in [0, 0.05) is 6.04 Å². The molecule has 0 spiro atoms. The Hall–Kier alpha value is -2.51. The average Bonchev–Trinajstić information content (AvgIpc) is 3.00. The van der Waals surface area contributed by atoms with Crippen LogP contribution in [0, 0.1) is 0 Å². The van der Waals surface area contributed by atoms with Crippen LogP contribution in [0.1, 0.15) is 30.6 Å². The van der Waals surface area contributed by atoms with Gasteiger partial charge in [0.05, 0.1) is 12.7 Å². The third-order valence-corrected chi connectivity index (χ3v) is 2.83. The maximum absolute atomic E-state index is 11.7. The number of anilines is 1. The van der Waals surface area contributed by atoms with Crippen molar-refractivity contribution in [1.82, 2.24) is 25.6 Å². The van der Waals surface area contributed by atoms with E-state index in [0.717, 1.165) is 6.42 Å². The van der Waals surface area contributed by atoms with Gasteiger partial charge in [0.1, 0.15) is 11.5 Å². The summed E-state index contributed by atoms with van der Waals surface area (Å²) in [6, 6.07) is 3.44. The standard InChI is InChI=1S/C12H16N6O2/c1-4-7(2)13-10-6-8(12(19)20-3)5-9(14-10)11-15-17-18-16-11/h5-7H,4H2,1-3H3,(H,13,14)(H,15,16,17,18). The lowest BCUT2D eigenvalue weighted by atomic mass is 10.2. The molecule has 0 amide bonds. The lowest BCUT2D eigenvalue weighted by Gasteiger charge is -2.13. The van der Waals surface area contributed by atoms with Crippen LogP contribution in [0.4, 0.5) is 5.82 Å². The van der Waals surface area contributed by atoms with Crippen molar-refractivity contribution in [2.75, 3.05) is 12.4 Å². The van der Waals surface area contributed by atoms with Gasteiger partial charge in [-0.25, -0.2) is 9.78 Å². The van der Waals surface area contributed by atoms with E-state index >= 15 is 0 Å². The fourth-order valence-corrected chi connectivity index (χ4v) is 1.58. The van der Waals surface area contributed by atoms with E-state index in [1.165, 1.54) is 7.11 Å². The van der Waals surface area contributed by atoms with Gasteiger partial charge in [-0.2, -0.15) is 5.21 Å². The molecule has 2 N–H and O–H groups in total. The first kappa shape index (κ1) is 13.9. The van der Waals surface area contributed by atoms with E-state index in [1.807, 2.05) is 6.92 Å². The lowest BCUT2D eigenvalue weighted by molar-refractivity contribution is 0.0600. The molecule has 106 valence electrons. The smallest absolute Gasteiger partial charge is 0.338 e. The molecule has 0 aliphatic heterocycles. The number of rotatable bonds is 5. The summed E-state index contributed by atoms with van der Waals surface area (Å²) in [5.41, 5.74) is 0.834. The summed E-state index contributed by atoms with van der Waals surface area (Å²) in [6.45, 7) is 4.09. The third-order valence-electron chi connectivity index (χ3n) is 2.83. The largest absolute Gasteiger partial charge is 0.465 e. The van der Waals surface area contributed by atoms with Gasteiger partial charge in [0.15, 0.2) is 0 Å². The normalized spacial score (nSPS) is 11.9. The van der Waals surface area contributed by atoms with Crippen molar-refractivity contribution in [3.8, 4) is 11.5 Å². The molecule has 20 heavy (non-hydrogen) atoms. The Bertz CT molecular complexity index is 584. The Labute approximate surface area is 115 Å². The Balaban J connectivity index is 2.41. The highest BCUT2D eigenvalue weighted by Crippen LogP contribution is 2.19. The molecule has 8 heteroatoms. The molecule has 1 unspecified atom stereocenters. The van der Waals surface area contributed by atoms with Gasteiger partial charge in [-0.3, -0.25) is 0 Å². The van der Waals surface area contributed by atoms with Crippen LogP contribution in [0.15, 0.2) is 12.1 Å². The molecule has 2 heterocycles. The topological polar surface area (TPSA) is 106 Å². The van der Waals surface area contributed by atoms with E-state index in [9.17, 15) is 4.79 Å². The van der Waals surface area contributed by atoms with Crippen molar-refractivity contribution < 1.29 is 9.53 Å². The molecule has 0 aromatic carbocycles. The number of methoxy groups -OCH3 is 1. The van der Waals surface area contributed by atoms with Crippen molar-refractivity contribution in [1.29, 1.82) is 0 Å². The molecule has 0 saturated heterocycles. The van der Waals surface area contributed by atoms with E-state index in [4.69, 9.17) is 4.74 Å². The van der Waals surface area contributed by atoms with E-state index in [-0.39, 0.29) is 6.04 Å². The SMILES string of the molecule is CCC(C)Nc1cc(C(=O)OC)cc(-c2nn[nH]n2)n1. The Morgan fingerprint density at radius 2 is 2.30 bits per heavy atom. The van der Waals surface area contributed by atoms with Crippen molar-refractivity contribution in [3.63, 3.8) is 0 Å². The molecule has 0 fully saturated rings. The van der Waals surface area contributed by atoms with Crippen LogP contribution >= 0.6 is 0 Å². The van der Waals surface area contributed by atoms with Crippen LogP contribution < -0.4 is 5.32 Å². The van der Waals surface area contributed by atoms with Gasteiger partial charge in [-0.05, 0) is 30.7 Å². The molecule has 2 aromatic rings. The van der Waals surface area contributed by atoms with E-state index in [0.29, 0.717) is 22.9 Å². The summed E-state index contributed by atoms with van der Waals surface area (Å²) in [6.07, 6.45) is 0.932. The van der Waals surface area contributed by atoms with Gasteiger partial charge >= 0.3 is 5.97 Å². The molecule has 0 bridgehead atoms. The average molecular weight is 276 g/mol. The van der Waals surface area contributed by atoms with Crippen LogP contribution in [0.25, 0.3) is 11.5 Å². The van der Waals surface area contributed by atoms with Crippen LogP contribution in [-0.4, -0.2) is 44.7 Å². The number of hydrogen-bond acceptors (Lipinski definition) is 7. The number of carbonyl (C=O) groups excluding carboxylic acids is 1. The van der Waals surface area contributed by atoms with Gasteiger partial charge < -0.3 is 10.1 Å². The number of carbonyl (C=O) groups is 1. The number of esters is 1. The summed E-state index contributed by atoms with van der Waals surface area (Å²) in [5.74, 6) is 0.453. The van der Waals surface area contributed by atoms with Crippen LogP contribution in [0.2, 0.25) is 0 Å². The van der Waals surface area contributed by atoms with Crippen molar-refractivity contribution >= 4 is 11.8 Å². The first-order chi connectivity index (χ1) is 9.63. The number of hydrogen-bond donors (Lipinski definition) is 2. The summed E-state index contributed by atoms with van der Waals surface area (Å²) in [7, 11) is 1.33. The Kier molecular flexibility index (Phi) is 4.24. The second kappa shape index (κ2) is 6.09. The molecular weight excluding hydrogens is 260 g/mol. The first-order valence-corrected chi connectivity index (χ1v) is 6.24. The Morgan fingerprint density at radius 1 is 1.50 bits per heavy atom. The van der Waals surface area contributed by atoms with E-state index < -0.39 is 5.97 Å². The highest BCUT2D eigenvalue weighted by atomic mass is 16.5. The zero-order valence-electron chi connectivity index (χ0n) is 11.5. The third kappa shape index (κ3) is 3.08. The zero-order chi connectivity index (χ0) is 14.5. The molecule has 1 atom stereocenters. The second-order valence-corrected chi connectivity index (χ2v) is 4.31. The molecule has 2 rings (SSSR count). The summed E-state index contributed by atoms with van der Waals surface area (Å²) >= 11 is 0. The summed E-state index contributed by atoms with van der Waals surface area (Å²) in [4.78, 5) is 16.1. The molecule has 0 aliphatic carbocycles. The minimum absolute atomic E-state index is 0.230. The molecule has 2 aromatic heterocycles. The van der Waals surface area contributed by atoms with Crippen molar-refractivity contribution in [2.45, 2.75) is 26.3 Å². The predicted molar refractivity (Wildman–Crippen MR) is 72.1 cm³/mol. The lowest BCUT2D eigenvalue weighted by Crippen LogP contribution is -2.15. The van der Waals surface area contributed by atoms with Crippen molar-refractivity contribution in [3.05, 3.63) is 17.7 Å². The van der Waals surface area contributed by atoms with Gasteiger partial charge in [-0.15, -0.1) is 10.2 Å². The number of tetrazole rings is 1. The van der Waals surface area contributed by atoms with Gasteiger partial charge in [0.2, 0.25) is 5.82 Å². The first-order valence-electron chi connectivity index (χ1n) is 6.24. The number of pyridine rings is 1. The monoisotopic (exact) mass is 276 g/mol. The van der Waals surface area contributed by atoms with Gasteiger partial charge in [0.25, 0.3) is 0 Å². The molecule has 8 nitrogen and oxygen atoms in total. The zero-order valence-corrected chi connectivity index (χ0v) is 11.5. The predicted octanol–water partition coefficient (Wildman–Crippen LogP) is 1.26. The molecule has 0 saturated carbocycles. The van der Waals surface area contributed by atoms with Crippen LogP contribution in [0.3, 0.4) is 0 Å². The molecule has 0 radical (unpaired) electrons. The fraction of sp³-hybridized carbons (Fsp3) is 0.417. The Morgan fingerprint density at radius 3 is 2.90 bits per heavy atom. The quantitative estimate of drug-likeness (QED) is 0.792. The second-order valence-electron chi connectivity index (χ2n) is 4.31. The minimum atomic E-state index is -0.440. The maximum Gasteiger partial charge on any atom is 0.338 e. The number of H-pyrrole nitrogens is 1. The number of aromatic amines is 1. The molecular formula is C12H16N6O2. The number of aromatic nitrogens is 5. The van der Waals surface area contributed by atoms with E-state index in [2.05, 4.69) is 37.8 Å². The van der Waals surface area contributed by atoms with Crippen LogP contribution in [0.5, 0.6) is 0 Å². The number of nitrogens with one attached hydrogen (secondary N) is 2. The minimum Gasteiger partial charge on any atom is -0.465 e. The summed E-state index contributed by atoms with van der Waals surface area (Å²) < 4.78 is 4.74. The summed E-state index contributed by atoms with van der Waals surface area (Å²) in [5, 5.41) is 16.8. The maximum atomic E-state index is 11.7. The number of nitrogens with zero attached hydrogens (tertiary/aromatic N) is 4. The van der Waals surface area contributed by atoms with E-state index in [1.54, 1.807) is 12.1 Å². The molecule has 0 aliphatic rings. The van der Waals surface area contributed by atoms with Gasteiger partial charge in [-0.1, -0.05) is 6.92 Å².